The van der Waals surface area contributed by atoms with Crippen LogP contribution in [-0.4, -0.2) is 72.8 Å². The van der Waals surface area contributed by atoms with E-state index in [0.717, 1.165) is 42.0 Å². The van der Waals surface area contributed by atoms with Crippen LogP contribution in [0.2, 0.25) is 0 Å². The average molecular weight is 663 g/mol. The van der Waals surface area contributed by atoms with Gasteiger partial charge in [0.05, 0.1) is 5.41 Å². The van der Waals surface area contributed by atoms with Crippen molar-refractivity contribution in [3.8, 4) is 0 Å². The van der Waals surface area contributed by atoms with E-state index in [2.05, 4.69) is 51.9 Å². The van der Waals surface area contributed by atoms with Crippen LogP contribution >= 0.6 is 0 Å². The summed E-state index contributed by atoms with van der Waals surface area (Å²) in [6.45, 7) is 4.97. The Morgan fingerprint density at radius 2 is 1.22 bits per heavy atom. The second kappa shape index (κ2) is 17.1. The highest BCUT2D eigenvalue weighted by Gasteiger charge is 2.42. The van der Waals surface area contributed by atoms with Crippen LogP contribution in [0.5, 0.6) is 0 Å². The second-order valence-electron chi connectivity index (χ2n) is 14.5. The molecule has 1 saturated carbocycles. The molecule has 3 fully saturated rings. The van der Waals surface area contributed by atoms with Gasteiger partial charge in [0.25, 0.3) is 0 Å². The van der Waals surface area contributed by atoms with Crippen molar-refractivity contribution in [3.63, 3.8) is 0 Å². The minimum atomic E-state index is -0.714. The molecule has 0 unspecified atom stereocenters. The van der Waals surface area contributed by atoms with Gasteiger partial charge < -0.3 is 20.4 Å². The van der Waals surface area contributed by atoms with E-state index < -0.39 is 11.5 Å². The lowest BCUT2D eigenvalue weighted by Crippen LogP contribution is -2.48. The van der Waals surface area contributed by atoms with Crippen molar-refractivity contribution in [1.29, 1.82) is 0 Å². The topological polar surface area (TPSA) is 81.8 Å². The summed E-state index contributed by atoms with van der Waals surface area (Å²) in [5, 5.41) is 6.12. The molecule has 3 aromatic rings. The first-order chi connectivity index (χ1) is 24.0. The summed E-state index contributed by atoms with van der Waals surface area (Å²) in [5.74, 6) is 1.09. The van der Waals surface area contributed by atoms with Crippen LogP contribution in [-0.2, 0) is 19.8 Å². The molecular weight excluding hydrogens is 608 g/mol. The van der Waals surface area contributed by atoms with Gasteiger partial charge in [-0.25, -0.2) is 0 Å². The fourth-order valence-electron chi connectivity index (χ4n) is 8.62. The summed E-state index contributed by atoms with van der Waals surface area (Å²) in [6.07, 6.45) is 11.1. The van der Waals surface area contributed by atoms with E-state index in [9.17, 15) is 14.4 Å². The van der Waals surface area contributed by atoms with Gasteiger partial charge in [0.2, 0.25) is 17.7 Å². The molecule has 0 radical (unpaired) electrons. The summed E-state index contributed by atoms with van der Waals surface area (Å²) in [5.41, 5.74) is 2.40. The van der Waals surface area contributed by atoms with Gasteiger partial charge in [0, 0.05) is 45.6 Å². The van der Waals surface area contributed by atoms with E-state index in [4.69, 9.17) is 0 Å². The number of carbonyl (C=O) groups is 3. The molecule has 0 aromatic heterocycles. The van der Waals surface area contributed by atoms with Gasteiger partial charge >= 0.3 is 0 Å². The third-order valence-corrected chi connectivity index (χ3v) is 11.2. The number of hydrogen-bond acceptors (Lipinski definition) is 4. The molecule has 3 aliphatic rings. The molecule has 260 valence electrons. The van der Waals surface area contributed by atoms with Crippen molar-refractivity contribution >= 4 is 17.7 Å². The number of benzene rings is 3. The fourth-order valence-corrected chi connectivity index (χ4v) is 8.62. The van der Waals surface area contributed by atoms with Crippen LogP contribution in [0.25, 0.3) is 0 Å². The van der Waals surface area contributed by atoms with Crippen LogP contribution in [0.3, 0.4) is 0 Å². The Balaban J connectivity index is 1.03. The molecule has 2 saturated heterocycles. The molecule has 2 aliphatic heterocycles. The van der Waals surface area contributed by atoms with Crippen LogP contribution < -0.4 is 10.6 Å². The minimum absolute atomic E-state index is 0.0255. The number of amides is 3. The Labute approximate surface area is 292 Å². The summed E-state index contributed by atoms with van der Waals surface area (Å²) in [7, 11) is 0. The molecule has 7 nitrogen and oxygen atoms in total. The SMILES string of the molecule is O=C(CCNC(=O)[C@@H]1CCCN1C(=O)CC(c1ccccc1)(c1ccccc1)c1ccccc1)NC[C@H]1CCCN(CC2CCCCC2)C1. The summed E-state index contributed by atoms with van der Waals surface area (Å²) >= 11 is 0. The lowest BCUT2D eigenvalue weighted by Gasteiger charge is -2.37. The molecule has 2 atom stereocenters. The normalized spacial score (nSPS) is 20.5. The number of hydrogen-bond donors (Lipinski definition) is 2. The Kier molecular flexibility index (Phi) is 12.2. The molecule has 3 amide bonds. The van der Waals surface area contributed by atoms with Gasteiger partial charge in [0.15, 0.2) is 0 Å². The average Bonchev–Trinajstić information content (AvgIpc) is 3.65. The maximum Gasteiger partial charge on any atom is 0.242 e. The standard InChI is InChI=1S/C42H54N4O3/c47-39(44-30-34-17-13-27-45(32-34)31-33-15-5-1-6-16-33)25-26-43-41(49)38-24-14-28-46(38)40(48)29-42(35-18-7-2-8-19-35,36-20-9-3-10-21-36)37-22-11-4-12-23-37/h2-4,7-12,18-23,33-34,38H,1,5-6,13-17,24-32H2,(H,43,49)(H,44,47)/t34-,38+/m1/s1. The smallest absolute Gasteiger partial charge is 0.242 e. The Morgan fingerprint density at radius 3 is 1.84 bits per heavy atom. The van der Waals surface area contributed by atoms with Crippen LogP contribution in [0.4, 0.5) is 0 Å². The Morgan fingerprint density at radius 1 is 0.653 bits per heavy atom. The van der Waals surface area contributed by atoms with E-state index in [-0.39, 0.29) is 37.1 Å². The number of nitrogens with one attached hydrogen (secondary N) is 2. The molecule has 49 heavy (non-hydrogen) atoms. The zero-order valence-electron chi connectivity index (χ0n) is 29.0. The van der Waals surface area contributed by atoms with E-state index in [1.54, 1.807) is 4.90 Å². The van der Waals surface area contributed by atoms with Gasteiger partial charge in [0.1, 0.15) is 6.04 Å². The zero-order chi connectivity index (χ0) is 33.9. The summed E-state index contributed by atoms with van der Waals surface area (Å²) in [4.78, 5) is 45.0. The Hall–Kier alpha value is -3.97. The molecule has 1 aliphatic carbocycles. The molecule has 6 rings (SSSR count). The quantitative estimate of drug-likeness (QED) is 0.210. The Bertz CT molecular complexity index is 1400. The predicted octanol–water partition coefficient (Wildman–Crippen LogP) is 6.32. The maximum atomic E-state index is 14.3. The summed E-state index contributed by atoms with van der Waals surface area (Å²) < 4.78 is 0. The molecule has 0 bridgehead atoms. The van der Waals surface area contributed by atoms with Crippen molar-refractivity contribution < 1.29 is 14.4 Å². The number of nitrogens with zero attached hydrogens (tertiary/aromatic N) is 2. The van der Waals surface area contributed by atoms with Crippen molar-refractivity contribution in [2.75, 3.05) is 39.3 Å². The molecule has 3 aromatic carbocycles. The van der Waals surface area contributed by atoms with Crippen LogP contribution in [0.15, 0.2) is 91.0 Å². The van der Waals surface area contributed by atoms with Gasteiger partial charge in [-0.2, -0.15) is 0 Å². The highest BCUT2D eigenvalue weighted by atomic mass is 16.2. The minimum Gasteiger partial charge on any atom is -0.356 e. The van der Waals surface area contributed by atoms with E-state index in [0.29, 0.717) is 25.4 Å². The van der Waals surface area contributed by atoms with Crippen molar-refractivity contribution in [2.24, 2.45) is 11.8 Å². The third kappa shape index (κ3) is 8.80. The highest BCUT2D eigenvalue weighted by Crippen LogP contribution is 2.43. The van der Waals surface area contributed by atoms with Gasteiger partial charge in [-0.05, 0) is 73.6 Å². The second-order valence-corrected chi connectivity index (χ2v) is 14.5. The first kappa shape index (κ1) is 34.9. The number of carbonyl (C=O) groups excluding carboxylic acids is 3. The molecule has 2 N–H and O–H groups in total. The molecular formula is C42H54N4O3. The van der Waals surface area contributed by atoms with Crippen molar-refractivity contribution in [2.45, 2.75) is 82.1 Å². The maximum absolute atomic E-state index is 14.3. The molecule has 7 heteroatoms. The lowest BCUT2D eigenvalue weighted by molar-refractivity contribution is -0.139. The van der Waals surface area contributed by atoms with Gasteiger partial charge in [-0.1, -0.05) is 110 Å². The van der Waals surface area contributed by atoms with E-state index >= 15 is 0 Å². The van der Waals surface area contributed by atoms with Crippen molar-refractivity contribution in [3.05, 3.63) is 108 Å². The zero-order valence-corrected chi connectivity index (χ0v) is 29.0. The third-order valence-electron chi connectivity index (χ3n) is 11.2. The van der Waals surface area contributed by atoms with Crippen LogP contribution in [0, 0.1) is 11.8 Å². The number of likely N-dealkylation sites (tertiary alicyclic amines) is 2. The first-order valence-corrected chi connectivity index (χ1v) is 18.8. The molecule has 2 heterocycles. The highest BCUT2D eigenvalue weighted by molar-refractivity contribution is 5.89. The van der Waals surface area contributed by atoms with Gasteiger partial charge in [-0.15, -0.1) is 0 Å². The lowest BCUT2D eigenvalue weighted by atomic mass is 9.67. The summed E-state index contributed by atoms with van der Waals surface area (Å²) in [6, 6.07) is 30.1. The number of rotatable bonds is 13. The predicted molar refractivity (Wildman–Crippen MR) is 195 cm³/mol. The molecule has 0 spiro atoms. The fraction of sp³-hybridized carbons (Fsp3) is 0.500. The largest absolute Gasteiger partial charge is 0.356 e. The van der Waals surface area contributed by atoms with Crippen LogP contribution in [0.1, 0.15) is 87.3 Å². The van der Waals surface area contributed by atoms with Gasteiger partial charge in [-0.3, -0.25) is 14.4 Å². The van der Waals surface area contributed by atoms with E-state index in [1.807, 2.05) is 54.6 Å². The first-order valence-electron chi connectivity index (χ1n) is 18.8. The number of piperidine rings is 1. The monoisotopic (exact) mass is 662 g/mol. The van der Waals surface area contributed by atoms with E-state index in [1.165, 1.54) is 51.6 Å². The van der Waals surface area contributed by atoms with Crippen molar-refractivity contribution in [1.82, 2.24) is 20.4 Å².